The highest BCUT2D eigenvalue weighted by molar-refractivity contribution is 7.09. The van der Waals surface area contributed by atoms with Gasteiger partial charge in [-0.3, -0.25) is 4.79 Å². The van der Waals surface area contributed by atoms with Gasteiger partial charge in [-0.1, -0.05) is 12.1 Å². The van der Waals surface area contributed by atoms with Crippen molar-refractivity contribution in [2.24, 2.45) is 5.73 Å². The van der Waals surface area contributed by atoms with Crippen LogP contribution in [-0.4, -0.2) is 29.9 Å². The second-order valence-electron chi connectivity index (χ2n) is 5.25. The average molecular weight is 319 g/mol. The first kappa shape index (κ1) is 16.5. The summed E-state index contributed by atoms with van der Waals surface area (Å²) in [5.41, 5.74) is 9.19. The van der Waals surface area contributed by atoms with Crippen LogP contribution in [0.1, 0.15) is 32.2 Å². The second-order valence-corrected chi connectivity index (χ2v) is 6.20. The van der Waals surface area contributed by atoms with Crippen molar-refractivity contribution in [1.29, 1.82) is 0 Å². The van der Waals surface area contributed by atoms with Gasteiger partial charge in [0.15, 0.2) is 0 Å². The zero-order valence-electron chi connectivity index (χ0n) is 13.3. The van der Waals surface area contributed by atoms with Crippen LogP contribution in [0.2, 0.25) is 0 Å². The molecule has 1 aromatic carbocycles. The standard InChI is InChI=1S/C16H21N3O2S/c1-10-5-12(6-11(2)15(10)21-4)8-19(3)16(20)13-9-22-14(7-17)18-13/h5-6,9H,7-8,17H2,1-4H3. The number of benzene rings is 1. The summed E-state index contributed by atoms with van der Waals surface area (Å²) < 4.78 is 5.37. The van der Waals surface area contributed by atoms with E-state index in [1.807, 2.05) is 26.0 Å². The van der Waals surface area contributed by atoms with Crippen molar-refractivity contribution in [1.82, 2.24) is 9.88 Å². The molecule has 2 rings (SSSR count). The monoisotopic (exact) mass is 319 g/mol. The van der Waals surface area contributed by atoms with E-state index in [9.17, 15) is 4.79 Å². The third kappa shape index (κ3) is 3.45. The molecule has 0 bridgehead atoms. The number of thiazole rings is 1. The van der Waals surface area contributed by atoms with Crippen molar-refractivity contribution in [3.8, 4) is 5.75 Å². The lowest BCUT2D eigenvalue weighted by Crippen LogP contribution is -2.26. The minimum absolute atomic E-state index is 0.0953. The van der Waals surface area contributed by atoms with E-state index in [4.69, 9.17) is 10.5 Å². The smallest absolute Gasteiger partial charge is 0.273 e. The van der Waals surface area contributed by atoms with Crippen molar-refractivity contribution in [3.05, 3.63) is 44.9 Å². The number of carbonyl (C=O) groups is 1. The molecular formula is C16H21N3O2S. The average Bonchev–Trinajstić information content (AvgIpc) is 2.95. The number of ether oxygens (including phenoxy) is 1. The molecule has 1 heterocycles. The molecule has 6 heteroatoms. The molecule has 0 unspecified atom stereocenters. The van der Waals surface area contributed by atoms with Crippen LogP contribution in [0.5, 0.6) is 5.75 Å². The summed E-state index contributed by atoms with van der Waals surface area (Å²) in [6.07, 6.45) is 0. The summed E-state index contributed by atoms with van der Waals surface area (Å²) in [5.74, 6) is 0.798. The van der Waals surface area contributed by atoms with Gasteiger partial charge in [0, 0.05) is 25.5 Å². The van der Waals surface area contributed by atoms with E-state index in [2.05, 4.69) is 4.98 Å². The quantitative estimate of drug-likeness (QED) is 0.919. The summed E-state index contributed by atoms with van der Waals surface area (Å²) in [5, 5.41) is 2.53. The maximum atomic E-state index is 12.4. The van der Waals surface area contributed by atoms with Gasteiger partial charge in [0.25, 0.3) is 5.91 Å². The maximum Gasteiger partial charge on any atom is 0.273 e. The van der Waals surface area contributed by atoms with E-state index in [0.717, 1.165) is 27.4 Å². The molecule has 0 atom stereocenters. The Morgan fingerprint density at radius 3 is 2.50 bits per heavy atom. The molecule has 1 aromatic heterocycles. The fourth-order valence-electron chi connectivity index (χ4n) is 2.50. The van der Waals surface area contributed by atoms with E-state index in [1.165, 1.54) is 11.3 Å². The second kappa shape index (κ2) is 6.89. The lowest BCUT2D eigenvalue weighted by atomic mass is 10.1. The van der Waals surface area contributed by atoms with Gasteiger partial charge in [0.05, 0.1) is 7.11 Å². The molecule has 0 saturated heterocycles. The first-order valence-corrected chi connectivity index (χ1v) is 7.88. The van der Waals surface area contributed by atoms with E-state index in [0.29, 0.717) is 18.8 Å². The van der Waals surface area contributed by atoms with Crippen LogP contribution in [-0.2, 0) is 13.1 Å². The highest BCUT2D eigenvalue weighted by Gasteiger charge is 2.16. The lowest BCUT2D eigenvalue weighted by Gasteiger charge is -2.18. The highest BCUT2D eigenvalue weighted by atomic mass is 32.1. The fraction of sp³-hybridized carbons (Fsp3) is 0.375. The number of nitrogens with zero attached hydrogens (tertiary/aromatic N) is 2. The minimum Gasteiger partial charge on any atom is -0.496 e. The van der Waals surface area contributed by atoms with Crippen molar-refractivity contribution in [3.63, 3.8) is 0 Å². The number of hydrogen-bond acceptors (Lipinski definition) is 5. The lowest BCUT2D eigenvalue weighted by molar-refractivity contribution is 0.0780. The van der Waals surface area contributed by atoms with Crippen LogP contribution in [0.4, 0.5) is 0 Å². The topological polar surface area (TPSA) is 68.5 Å². The SMILES string of the molecule is COc1c(C)cc(CN(C)C(=O)c2csc(CN)n2)cc1C. The molecular weight excluding hydrogens is 298 g/mol. The molecule has 22 heavy (non-hydrogen) atoms. The molecule has 118 valence electrons. The van der Waals surface area contributed by atoms with Gasteiger partial charge in [-0.25, -0.2) is 4.98 Å². The number of amides is 1. The predicted molar refractivity (Wildman–Crippen MR) is 88.3 cm³/mol. The summed E-state index contributed by atoms with van der Waals surface area (Å²) >= 11 is 1.41. The van der Waals surface area contributed by atoms with E-state index < -0.39 is 0 Å². The Morgan fingerprint density at radius 1 is 1.36 bits per heavy atom. The minimum atomic E-state index is -0.0953. The zero-order valence-corrected chi connectivity index (χ0v) is 14.2. The molecule has 0 spiro atoms. The van der Waals surface area contributed by atoms with Crippen molar-refractivity contribution < 1.29 is 9.53 Å². The Kier molecular flexibility index (Phi) is 5.15. The van der Waals surface area contributed by atoms with Crippen molar-refractivity contribution in [2.75, 3.05) is 14.2 Å². The first-order chi connectivity index (χ1) is 10.5. The van der Waals surface area contributed by atoms with Crippen LogP contribution < -0.4 is 10.5 Å². The molecule has 2 aromatic rings. The van der Waals surface area contributed by atoms with Gasteiger partial charge in [-0.15, -0.1) is 11.3 Å². The summed E-state index contributed by atoms with van der Waals surface area (Å²) in [6, 6.07) is 4.09. The zero-order chi connectivity index (χ0) is 16.3. The Bertz CT molecular complexity index is 659. The van der Waals surface area contributed by atoms with Crippen LogP contribution in [0.25, 0.3) is 0 Å². The molecule has 1 amide bonds. The van der Waals surface area contributed by atoms with Crippen LogP contribution in [0.15, 0.2) is 17.5 Å². The van der Waals surface area contributed by atoms with E-state index >= 15 is 0 Å². The predicted octanol–water partition coefficient (Wildman–Crippen LogP) is 2.50. The summed E-state index contributed by atoms with van der Waals surface area (Å²) in [7, 11) is 3.45. The molecule has 0 fully saturated rings. The molecule has 0 aliphatic carbocycles. The van der Waals surface area contributed by atoms with Gasteiger partial charge in [-0.2, -0.15) is 0 Å². The van der Waals surface area contributed by atoms with Gasteiger partial charge in [-0.05, 0) is 30.5 Å². The number of aromatic nitrogens is 1. The molecule has 0 radical (unpaired) electrons. The van der Waals surface area contributed by atoms with Crippen LogP contribution in [0.3, 0.4) is 0 Å². The van der Waals surface area contributed by atoms with Gasteiger partial charge in [0.1, 0.15) is 16.5 Å². The Balaban J connectivity index is 2.14. The van der Waals surface area contributed by atoms with E-state index in [-0.39, 0.29) is 5.91 Å². The van der Waals surface area contributed by atoms with Crippen LogP contribution in [0, 0.1) is 13.8 Å². The van der Waals surface area contributed by atoms with E-state index in [1.54, 1.807) is 24.4 Å². The number of carbonyl (C=O) groups excluding carboxylic acids is 1. The summed E-state index contributed by atoms with van der Waals surface area (Å²) in [6.45, 7) is 4.90. The molecule has 5 nitrogen and oxygen atoms in total. The number of methoxy groups -OCH3 is 1. The van der Waals surface area contributed by atoms with Crippen molar-refractivity contribution in [2.45, 2.75) is 26.9 Å². The van der Waals surface area contributed by atoms with Crippen LogP contribution >= 0.6 is 11.3 Å². The highest BCUT2D eigenvalue weighted by Crippen LogP contribution is 2.25. The Labute approximate surface area is 134 Å². The van der Waals surface area contributed by atoms with Crippen molar-refractivity contribution >= 4 is 17.2 Å². The van der Waals surface area contributed by atoms with Gasteiger partial charge < -0.3 is 15.4 Å². The number of nitrogens with two attached hydrogens (primary N) is 1. The third-order valence-corrected chi connectivity index (χ3v) is 4.31. The number of rotatable bonds is 5. The number of hydrogen-bond donors (Lipinski definition) is 1. The first-order valence-electron chi connectivity index (χ1n) is 7.00. The fourth-order valence-corrected chi connectivity index (χ4v) is 3.15. The molecule has 0 aliphatic heterocycles. The maximum absolute atomic E-state index is 12.4. The normalized spacial score (nSPS) is 10.6. The Hall–Kier alpha value is -1.92. The Morgan fingerprint density at radius 2 is 2.00 bits per heavy atom. The van der Waals surface area contributed by atoms with Gasteiger partial charge >= 0.3 is 0 Å². The van der Waals surface area contributed by atoms with Gasteiger partial charge in [0.2, 0.25) is 0 Å². The molecule has 2 N–H and O–H groups in total. The number of aryl methyl sites for hydroxylation is 2. The molecule has 0 saturated carbocycles. The molecule has 0 aliphatic rings. The third-order valence-electron chi connectivity index (χ3n) is 3.44. The largest absolute Gasteiger partial charge is 0.496 e. The summed E-state index contributed by atoms with van der Waals surface area (Å²) in [4.78, 5) is 18.3.